The third-order valence-electron chi connectivity index (χ3n) is 4.36. The van der Waals surface area contributed by atoms with E-state index in [0.717, 1.165) is 0 Å². The fourth-order valence-corrected chi connectivity index (χ4v) is 3.83. The van der Waals surface area contributed by atoms with Crippen LogP contribution in [0.3, 0.4) is 0 Å². The van der Waals surface area contributed by atoms with Gasteiger partial charge in [0, 0.05) is 0 Å². The normalized spacial score (nSPS) is 12.7. The zero-order chi connectivity index (χ0) is 25.5. The Morgan fingerprint density at radius 3 is 2.24 bits per heavy atom. The van der Waals surface area contributed by atoms with Gasteiger partial charge >= 0.3 is 18.3 Å². The summed E-state index contributed by atoms with van der Waals surface area (Å²) in [5.74, 6) is -1.19. The molecule has 3 rings (SSSR count). The fourth-order valence-electron chi connectivity index (χ4n) is 3.05. The van der Waals surface area contributed by atoms with Gasteiger partial charge in [0.25, 0.3) is 5.56 Å². The Morgan fingerprint density at radius 2 is 1.65 bits per heavy atom. The van der Waals surface area contributed by atoms with Gasteiger partial charge < -0.3 is 4.74 Å². The van der Waals surface area contributed by atoms with Gasteiger partial charge in [0.2, 0.25) is 0 Å². The lowest BCUT2D eigenvalue weighted by atomic mass is 10.1. The first-order valence-electron chi connectivity index (χ1n) is 9.73. The zero-order valence-corrected chi connectivity index (χ0v) is 18.9. The number of halogens is 6. The lowest BCUT2D eigenvalue weighted by Crippen LogP contribution is -2.27. The van der Waals surface area contributed by atoms with Crippen LogP contribution in [0.25, 0.3) is 16.6 Å². The summed E-state index contributed by atoms with van der Waals surface area (Å²) in [6.07, 6.45) is -10.0. The van der Waals surface area contributed by atoms with Crippen LogP contribution in [0.4, 0.5) is 26.3 Å². The van der Waals surface area contributed by atoms with Gasteiger partial charge in [0.15, 0.2) is 5.16 Å². The number of carbonyl (C=O) groups is 1. The summed E-state index contributed by atoms with van der Waals surface area (Å²) in [6.45, 7) is 4.83. The Bertz CT molecular complexity index is 1290. The summed E-state index contributed by atoms with van der Waals surface area (Å²) in [6, 6.07) is 6.51. The maximum Gasteiger partial charge on any atom is 0.418 e. The Morgan fingerprint density at radius 1 is 1.00 bits per heavy atom. The second-order valence-electron chi connectivity index (χ2n) is 8.15. The van der Waals surface area contributed by atoms with E-state index >= 15 is 0 Å². The minimum absolute atomic E-state index is 0.102. The topological polar surface area (TPSA) is 61.2 Å². The Kier molecular flexibility index (Phi) is 6.75. The third-order valence-corrected chi connectivity index (χ3v) is 5.27. The molecular weight excluding hydrogens is 486 g/mol. The molecule has 0 bridgehead atoms. The van der Waals surface area contributed by atoms with Crippen LogP contribution in [0.15, 0.2) is 52.4 Å². The molecule has 0 aliphatic carbocycles. The van der Waals surface area contributed by atoms with E-state index in [9.17, 15) is 35.9 Å². The van der Waals surface area contributed by atoms with E-state index in [1.54, 1.807) is 20.8 Å². The second kappa shape index (κ2) is 8.97. The number of esters is 1. The quantitative estimate of drug-likeness (QED) is 0.193. The molecule has 0 amide bonds. The molecule has 3 aromatic rings. The first-order chi connectivity index (χ1) is 15.6. The molecule has 0 N–H and O–H groups in total. The molecule has 5 nitrogen and oxygen atoms in total. The molecule has 182 valence electrons. The van der Waals surface area contributed by atoms with Crippen LogP contribution in [0, 0.1) is 0 Å². The number of carbonyl (C=O) groups excluding carboxylic acids is 1. The van der Waals surface area contributed by atoms with Crippen molar-refractivity contribution >= 4 is 28.6 Å². The van der Waals surface area contributed by atoms with Crippen LogP contribution >= 0.6 is 11.8 Å². The molecule has 12 heteroatoms. The number of benzene rings is 2. The van der Waals surface area contributed by atoms with Crippen LogP contribution in [0.5, 0.6) is 0 Å². The van der Waals surface area contributed by atoms with Crippen LogP contribution in [0.1, 0.15) is 31.9 Å². The first kappa shape index (κ1) is 25.6. The van der Waals surface area contributed by atoms with E-state index in [1.807, 2.05) is 0 Å². The van der Waals surface area contributed by atoms with Gasteiger partial charge in [-0.1, -0.05) is 23.9 Å². The monoisotopic (exact) mass is 504 g/mol. The summed E-state index contributed by atoms with van der Waals surface area (Å²) in [5, 5.41) is -0.492. The zero-order valence-electron chi connectivity index (χ0n) is 18.0. The number of hydrogen-bond acceptors (Lipinski definition) is 5. The van der Waals surface area contributed by atoms with E-state index in [1.165, 1.54) is 24.3 Å². The van der Waals surface area contributed by atoms with Crippen molar-refractivity contribution in [3.05, 3.63) is 63.9 Å². The lowest BCUT2D eigenvalue weighted by Gasteiger charge is -2.21. The van der Waals surface area contributed by atoms with Crippen molar-refractivity contribution in [1.29, 1.82) is 0 Å². The molecule has 34 heavy (non-hydrogen) atoms. The summed E-state index contributed by atoms with van der Waals surface area (Å²) < 4.78 is 86.8. The van der Waals surface area contributed by atoms with E-state index in [2.05, 4.69) is 4.98 Å². The average molecular weight is 504 g/mol. The van der Waals surface area contributed by atoms with Gasteiger partial charge in [0.05, 0.1) is 33.5 Å². The number of rotatable bonds is 4. The van der Waals surface area contributed by atoms with Crippen molar-refractivity contribution in [3.8, 4) is 5.69 Å². The third kappa shape index (κ3) is 5.72. The van der Waals surface area contributed by atoms with Crippen molar-refractivity contribution in [2.45, 2.75) is 43.9 Å². The molecule has 0 spiro atoms. The number of alkyl halides is 6. The molecule has 0 saturated carbocycles. The van der Waals surface area contributed by atoms with Gasteiger partial charge in [-0.3, -0.25) is 14.2 Å². The number of fused-ring (bicyclic) bond motifs is 1. The minimum Gasteiger partial charge on any atom is -0.459 e. The van der Waals surface area contributed by atoms with Gasteiger partial charge in [0.1, 0.15) is 5.60 Å². The highest BCUT2D eigenvalue weighted by Crippen LogP contribution is 2.39. The van der Waals surface area contributed by atoms with Crippen LogP contribution in [-0.2, 0) is 21.9 Å². The molecule has 0 saturated heterocycles. The van der Waals surface area contributed by atoms with Crippen LogP contribution in [0.2, 0.25) is 0 Å². The predicted octanol–water partition coefficient (Wildman–Crippen LogP) is 5.86. The lowest BCUT2D eigenvalue weighted by molar-refractivity contribution is -0.151. The van der Waals surface area contributed by atoms with Crippen LogP contribution < -0.4 is 5.56 Å². The summed E-state index contributed by atoms with van der Waals surface area (Å²) in [5.41, 5.74) is -5.63. The summed E-state index contributed by atoms with van der Waals surface area (Å²) in [4.78, 5) is 29.5. The smallest absolute Gasteiger partial charge is 0.418 e. The Labute approximate surface area is 193 Å². The standard InChI is InChI=1S/C22H18F6N2O3S/c1-20(2,3)33-17(31)11-34-19-29-15-7-5-4-6-13(15)18(32)30(19)16-10-12(21(23,24)25)8-9-14(16)22(26,27)28/h4-10H,11H2,1-3H3. The molecule has 0 unspecified atom stereocenters. The first-order valence-corrected chi connectivity index (χ1v) is 10.7. The largest absolute Gasteiger partial charge is 0.459 e. The number of thioether (sulfide) groups is 1. The Balaban J connectivity index is 2.27. The van der Waals surface area contributed by atoms with Crippen molar-refractivity contribution in [3.63, 3.8) is 0 Å². The number of para-hydroxylation sites is 1. The SMILES string of the molecule is CC(C)(C)OC(=O)CSc1nc2ccccc2c(=O)n1-c1cc(C(F)(F)F)ccc1C(F)(F)F. The molecule has 0 aliphatic heterocycles. The van der Waals surface area contributed by atoms with Gasteiger partial charge in [-0.15, -0.1) is 0 Å². The maximum atomic E-state index is 13.7. The summed E-state index contributed by atoms with van der Waals surface area (Å²) >= 11 is 0.581. The molecule has 0 radical (unpaired) electrons. The molecule has 1 heterocycles. The van der Waals surface area contributed by atoms with Crippen molar-refractivity contribution < 1.29 is 35.9 Å². The van der Waals surface area contributed by atoms with Gasteiger partial charge in [-0.2, -0.15) is 26.3 Å². The number of ether oxygens (including phenoxy) is 1. The molecule has 1 aromatic heterocycles. The molecule has 2 aromatic carbocycles. The Hall–Kier alpha value is -3.02. The van der Waals surface area contributed by atoms with Crippen molar-refractivity contribution in [1.82, 2.24) is 9.55 Å². The minimum atomic E-state index is -5.07. The maximum absolute atomic E-state index is 13.7. The predicted molar refractivity (Wildman–Crippen MR) is 114 cm³/mol. The van der Waals surface area contributed by atoms with Gasteiger partial charge in [-0.25, -0.2) is 4.98 Å². The highest BCUT2D eigenvalue weighted by Gasteiger charge is 2.38. The molecule has 0 fully saturated rings. The number of hydrogen-bond donors (Lipinski definition) is 0. The molecule has 0 atom stereocenters. The van der Waals surface area contributed by atoms with E-state index in [-0.39, 0.29) is 28.2 Å². The number of aromatic nitrogens is 2. The van der Waals surface area contributed by atoms with Gasteiger partial charge in [-0.05, 0) is 51.1 Å². The molecule has 0 aliphatic rings. The van der Waals surface area contributed by atoms with E-state index < -0.39 is 52.0 Å². The molecular formula is C22H18F6N2O3S. The van der Waals surface area contributed by atoms with Crippen molar-refractivity contribution in [2.75, 3.05) is 5.75 Å². The van der Waals surface area contributed by atoms with Crippen molar-refractivity contribution in [2.24, 2.45) is 0 Å². The van der Waals surface area contributed by atoms with E-state index in [0.29, 0.717) is 22.4 Å². The van der Waals surface area contributed by atoms with Crippen LogP contribution in [-0.4, -0.2) is 26.9 Å². The highest BCUT2D eigenvalue weighted by atomic mass is 32.2. The number of nitrogens with zero attached hydrogens (tertiary/aromatic N) is 2. The average Bonchev–Trinajstić information content (AvgIpc) is 2.69. The highest BCUT2D eigenvalue weighted by molar-refractivity contribution is 7.99. The fraction of sp³-hybridized carbons (Fsp3) is 0.318. The second-order valence-corrected chi connectivity index (χ2v) is 9.10. The van der Waals surface area contributed by atoms with E-state index in [4.69, 9.17) is 4.74 Å². The summed E-state index contributed by atoms with van der Waals surface area (Å²) in [7, 11) is 0.